The summed E-state index contributed by atoms with van der Waals surface area (Å²) in [4.78, 5) is 15.4. The maximum atomic E-state index is 13.0. The van der Waals surface area contributed by atoms with E-state index in [9.17, 15) is 14.5 Å². The second-order valence-electron chi connectivity index (χ2n) is 5.66. The Bertz CT molecular complexity index is 914. The van der Waals surface area contributed by atoms with Gasteiger partial charge in [0.2, 0.25) is 0 Å². The molecule has 3 aromatic rings. The molecule has 3 rings (SSSR count). The van der Waals surface area contributed by atoms with Gasteiger partial charge in [-0.05, 0) is 50.1 Å². The fourth-order valence-corrected chi connectivity index (χ4v) is 2.78. The van der Waals surface area contributed by atoms with Crippen molar-refractivity contribution in [3.63, 3.8) is 0 Å². The van der Waals surface area contributed by atoms with Crippen LogP contribution in [0.5, 0.6) is 0 Å². The van der Waals surface area contributed by atoms with Gasteiger partial charge in [-0.2, -0.15) is 0 Å². The first kappa shape index (κ1) is 15.1. The van der Waals surface area contributed by atoms with E-state index < -0.39 is 0 Å². The number of hydrogen-bond donors (Lipinski definition) is 0. The third-order valence-electron chi connectivity index (χ3n) is 4.16. The number of halogens is 1. The quantitative estimate of drug-likeness (QED) is 0.541. The molecule has 118 valence electrons. The highest BCUT2D eigenvalue weighted by Crippen LogP contribution is 2.32. The van der Waals surface area contributed by atoms with Gasteiger partial charge in [0, 0.05) is 12.1 Å². The van der Waals surface area contributed by atoms with Crippen LogP contribution in [0.15, 0.2) is 30.3 Å². The number of hydrogen-bond acceptors (Lipinski definition) is 3. The number of benzene rings is 2. The van der Waals surface area contributed by atoms with Crippen molar-refractivity contribution in [2.45, 2.75) is 27.3 Å². The molecule has 23 heavy (non-hydrogen) atoms. The van der Waals surface area contributed by atoms with E-state index in [1.54, 1.807) is 19.1 Å². The van der Waals surface area contributed by atoms with E-state index in [1.165, 1.54) is 12.1 Å². The Balaban J connectivity index is 2.20. The van der Waals surface area contributed by atoms with Gasteiger partial charge in [0.05, 0.1) is 10.4 Å². The minimum absolute atomic E-state index is 0.0564. The zero-order valence-corrected chi connectivity index (χ0v) is 13.1. The lowest BCUT2D eigenvalue weighted by atomic mass is 10.1. The predicted molar refractivity (Wildman–Crippen MR) is 86.1 cm³/mol. The lowest BCUT2D eigenvalue weighted by Crippen LogP contribution is -2.03. The van der Waals surface area contributed by atoms with Gasteiger partial charge in [-0.1, -0.05) is 12.1 Å². The molecule has 6 heteroatoms. The molecule has 0 aliphatic carbocycles. The number of fused-ring (bicyclic) bond motifs is 1. The molecule has 0 aliphatic heterocycles. The fraction of sp³-hybridized carbons (Fsp3) is 0.235. The third kappa shape index (κ3) is 2.56. The van der Waals surface area contributed by atoms with Crippen molar-refractivity contribution in [1.82, 2.24) is 9.55 Å². The zero-order valence-electron chi connectivity index (χ0n) is 13.1. The van der Waals surface area contributed by atoms with E-state index >= 15 is 0 Å². The first-order valence-electron chi connectivity index (χ1n) is 7.24. The zero-order chi connectivity index (χ0) is 16.7. The predicted octanol–water partition coefficient (Wildman–Crippen LogP) is 4.06. The number of nitro benzene ring substituents is 1. The monoisotopic (exact) mass is 313 g/mol. The molecule has 0 unspecified atom stereocenters. The Kier molecular flexibility index (Phi) is 3.60. The number of rotatable bonds is 3. The van der Waals surface area contributed by atoms with Gasteiger partial charge in [0.1, 0.15) is 11.6 Å². The first-order valence-corrected chi connectivity index (χ1v) is 7.24. The topological polar surface area (TPSA) is 61.0 Å². The molecule has 0 bridgehead atoms. The summed E-state index contributed by atoms with van der Waals surface area (Å²) in [6.45, 7) is 5.90. The van der Waals surface area contributed by atoms with Crippen molar-refractivity contribution in [2.24, 2.45) is 0 Å². The molecule has 0 aliphatic rings. The first-order chi connectivity index (χ1) is 10.9. The van der Waals surface area contributed by atoms with Gasteiger partial charge in [0.15, 0.2) is 5.52 Å². The summed E-state index contributed by atoms with van der Waals surface area (Å²) in [5, 5.41) is 11.4. The molecule has 0 amide bonds. The number of nitro groups is 1. The van der Waals surface area contributed by atoms with Crippen LogP contribution in [0.2, 0.25) is 0 Å². The molecule has 0 saturated heterocycles. The van der Waals surface area contributed by atoms with E-state index in [2.05, 4.69) is 4.98 Å². The molecular formula is C17H16FN3O2. The second kappa shape index (κ2) is 5.46. The molecule has 0 spiro atoms. The Labute approximate surface area is 132 Å². The van der Waals surface area contributed by atoms with Gasteiger partial charge in [0.25, 0.3) is 5.69 Å². The summed E-state index contributed by atoms with van der Waals surface area (Å²) < 4.78 is 15.0. The van der Waals surface area contributed by atoms with E-state index in [1.807, 2.05) is 24.5 Å². The summed E-state index contributed by atoms with van der Waals surface area (Å²) in [6.07, 6.45) is 0. The van der Waals surface area contributed by atoms with Crippen molar-refractivity contribution in [1.29, 1.82) is 0 Å². The van der Waals surface area contributed by atoms with Crippen LogP contribution in [-0.4, -0.2) is 14.5 Å². The van der Waals surface area contributed by atoms with Crippen molar-refractivity contribution in [3.8, 4) is 0 Å². The number of aryl methyl sites for hydroxylation is 2. The van der Waals surface area contributed by atoms with Gasteiger partial charge >= 0.3 is 0 Å². The van der Waals surface area contributed by atoms with Crippen LogP contribution in [0.25, 0.3) is 11.0 Å². The van der Waals surface area contributed by atoms with Crippen molar-refractivity contribution >= 4 is 16.7 Å². The van der Waals surface area contributed by atoms with E-state index in [4.69, 9.17) is 0 Å². The summed E-state index contributed by atoms with van der Waals surface area (Å²) in [6, 6.07) is 8.14. The lowest BCUT2D eigenvalue weighted by molar-refractivity contribution is -0.383. The molecule has 0 fully saturated rings. The Hall–Kier alpha value is -2.76. The minimum atomic E-state index is -0.376. The summed E-state index contributed by atoms with van der Waals surface area (Å²) in [5.74, 6) is 0.403. The average molecular weight is 313 g/mol. The number of imidazole rings is 1. The van der Waals surface area contributed by atoms with Crippen LogP contribution in [0.4, 0.5) is 10.1 Å². The van der Waals surface area contributed by atoms with Crippen LogP contribution >= 0.6 is 0 Å². The molecule has 0 saturated carbocycles. The molecule has 0 N–H and O–H groups in total. The van der Waals surface area contributed by atoms with Crippen LogP contribution in [0.1, 0.15) is 22.5 Å². The minimum Gasteiger partial charge on any atom is -0.323 e. The fourth-order valence-electron chi connectivity index (χ4n) is 2.78. The van der Waals surface area contributed by atoms with Gasteiger partial charge in [-0.15, -0.1) is 0 Å². The van der Waals surface area contributed by atoms with E-state index in [0.717, 1.165) is 16.6 Å². The highest BCUT2D eigenvalue weighted by atomic mass is 19.1. The molecule has 0 atom stereocenters. The van der Waals surface area contributed by atoms with Crippen LogP contribution < -0.4 is 0 Å². The summed E-state index contributed by atoms with van der Waals surface area (Å²) >= 11 is 0. The third-order valence-corrected chi connectivity index (χ3v) is 4.16. The van der Waals surface area contributed by atoms with E-state index in [-0.39, 0.29) is 16.4 Å². The molecule has 5 nitrogen and oxygen atoms in total. The van der Waals surface area contributed by atoms with Crippen molar-refractivity contribution in [3.05, 3.63) is 68.8 Å². The normalized spacial score (nSPS) is 11.1. The van der Waals surface area contributed by atoms with Crippen LogP contribution in [-0.2, 0) is 6.54 Å². The largest absolute Gasteiger partial charge is 0.323 e. The highest BCUT2D eigenvalue weighted by molar-refractivity contribution is 5.88. The van der Waals surface area contributed by atoms with Gasteiger partial charge < -0.3 is 4.57 Å². The molecule has 1 heterocycles. The molecular weight excluding hydrogens is 297 g/mol. The average Bonchev–Trinajstić information content (AvgIpc) is 2.78. The number of nitrogens with zero attached hydrogens (tertiary/aromatic N) is 3. The molecule has 2 aromatic carbocycles. The smallest absolute Gasteiger partial charge is 0.300 e. The Morgan fingerprint density at radius 3 is 2.48 bits per heavy atom. The lowest BCUT2D eigenvalue weighted by Gasteiger charge is -2.08. The maximum Gasteiger partial charge on any atom is 0.300 e. The van der Waals surface area contributed by atoms with Gasteiger partial charge in [-0.25, -0.2) is 9.37 Å². The van der Waals surface area contributed by atoms with Crippen molar-refractivity contribution < 1.29 is 9.31 Å². The molecule has 0 radical (unpaired) electrons. The summed E-state index contributed by atoms with van der Waals surface area (Å²) in [5.41, 5.74) is 3.58. The highest BCUT2D eigenvalue weighted by Gasteiger charge is 2.23. The standard InChI is InChI=1S/C17H16FN3O2/c1-10-8-15-16(17(11(10)2)21(22)23)19-12(3)20(15)9-13-4-6-14(18)7-5-13/h4-8H,9H2,1-3H3. The van der Waals surface area contributed by atoms with Crippen molar-refractivity contribution in [2.75, 3.05) is 0 Å². The SMILES string of the molecule is Cc1cc2c(nc(C)n2Cc2ccc(F)cc2)c([N+](=O)[O-])c1C. The van der Waals surface area contributed by atoms with Gasteiger partial charge in [-0.3, -0.25) is 10.1 Å². The Morgan fingerprint density at radius 1 is 1.22 bits per heavy atom. The van der Waals surface area contributed by atoms with E-state index in [0.29, 0.717) is 23.4 Å². The van der Waals surface area contributed by atoms with Crippen LogP contribution in [0, 0.1) is 36.7 Å². The summed E-state index contributed by atoms with van der Waals surface area (Å²) in [7, 11) is 0. The Morgan fingerprint density at radius 2 is 1.87 bits per heavy atom. The van der Waals surface area contributed by atoms with Crippen LogP contribution in [0.3, 0.4) is 0 Å². The second-order valence-corrected chi connectivity index (χ2v) is 5.66. The molecule has 1 aromatic heterocycles. The number of aromatic nitrogens is 2. The maximum absolute atomic E-state index is 13.0.